The molecule has 1 rings (SSSR count). The monoisotopic (exact) mass is 500 g/mol. The number of primary amides is 2. The predicted octanol–water partition coefficient (Wildman–Crippen LogP) is 8.32. The van der Waals surface area contributed by atoms with Gasteiger partial charge in [-0.05, 0) is 49.7 Å². The molecule has 0 unspecified atom stereocenters. The van der Waals surface area contributed by atoms with Crippen molar-refractivity contribution in [2.45, 2.75) is 154 Å². The molecule has 1 aromatic rings. The van der Waals surface area contributed by atoms with Gasteiger partial charge in [0.05, 0.1) is 0 Å². The average molecular weight is 501 g/mol. The maximum absolute atomic E-state index is 10.7. The summed E-state index contributed by atoms with van der Waals surface area (Å²) >= 11 is 0. The Labute approximate surface area is 222 Å². The van der Waals surface area contributed by atoms with E-state index in [4.69, 9.17) is 11.5 Å². The fourth-order valence-electron chi connectivity index (χ4n) is 5.03. The first-order valence-corrected chi connectivity index (χ1v) is 15.2. The lowest BCUT2D eigenvalue weighted by Gasteiger charge is -2.07. The second-order valence-corrected chi connectivity index (χ2v) is 10.8. The van der Waals surface area contributed by atoms with Crippen LogP contribution < -0.4 is 11.5 Å². The molecule has 0 fully saturated rings. The molecule has 1 aromatic carbocycles. The first-order valence-electron chi connectivity index (χ1n) is 15.2. The number of unbranched alkanes of at least 4 members (excludes halogenated alkanes) is 18. The molecule has 0 radical (unpaired) electrons. The van der Waals surface area contributed by atoms with Gasteiger partial charge < -0.3 is 11.5 Å². The Kier molecular flexibility index (Phi) is 21.1. The fraction of sp³-hybridized carbons (Fsp3) is 0.750. The lowest BCUT2D eigenvalue weighted by Crippen LogP contribution is -2.09. The summed E-state index contributed by atoms with van der Waals surface area (Å²) in [5.74, 6) is -0.329. The van der Waals surface area contributed by atoms with Crippen LogP contribution in [0.15, 0.2) is 24.3 Å². The highest BCUT2D eigenvalue weighted by molar-refractivity contribution is 5.73. The van der Waals surface area contributed by atoms with Crippen molar-refractivity contribution in [3.05, 3.63) is 35.4 Å². The average Bonchev–Trinajstić information content (AvgIpc) is 2.85. The van der Waals surface area contributed by atoms with Crippen molar-refractivity contribution in [2.24, 2.45) is 11.5 Å². The summed E-state index contributed by atoms with van der Waals surface area (Å²) in [6, 6.07) is 9.29. The van der Waals surface area contributed by atoms with Crippen LogP contribution in [0.3, 0.4) is 0 Å². The van der Waals surface area contributed by atoms with Crippen LogP contribution >= 0.6 is 0 Å². The van der Waals surface area contributed by atoms with Gasteiger partial charge in [-0.15, -0.1) is 0 Å². The third-order valence-electron chi connectivity index (χ3n) is 7.27. The lowest BCUT2D eigenvalue weighted by atomic mass is 9.99. The van der Waals surface area contributed by atoms with Gasteiger partial charge in [0.1, 0.15) is 0 Å². The van der Waals surface area contributed by atoms with Crippen LogP contribution in [-0.2, 0) is 22.4 Å². The van der Waals surface area contributed by atoms with E-state index in [-0.39, 0.29) is 11.8 Å². The number of carbonyl (C=O) groups is 2. The zero-order valence-electron chi connectivity index (χ0n) is 23.3. The second-order valence-electron chi connectivity index (χ2n) is 10.8. The van der Waals surface area contributed by atoms with E-state index in [2.05, 4.69) is 24.3 Å². The minimum Gasteiger partial charge on any atom is -0.370 e. The molecule has 0 saturated heterocycles. The highest BCUT2D eigenvalue weighted by atomic mass is 16.1. The Balaban J connectivity index is 1.92. The molecule has 0 saturated carbocycles. The van der Waals surface area contributed by atoms with Crippen LogP contribution in [0.5, 0.6) is 0 Å². The van der Waals surface area contributed by atoms with Gasteiger partial charge in [0.2, 0.25) is 11.8 Å². The number of nitrogens with two attached hydrogens (primary N) is 2. The molecule has 0 aromatic heterocycles. The summed E-state index contributed by atoms with van der Waals surface area (Å²) in [6.45, 7) is 0. The topological polar surface area (TPSA) is 86.2 Å². The fourth-order valence-corrected chi connectivity index (χ4v) is 5.03. The maximum Gasteiger partial charge on any atom is 0.217 e. The van der Waals surface area contributed by atoms with Crippen molar-refractivity contribution in [3.8, 4) is 0 Å². The van der Waals surface area contributed by atoms with Crippen LogP contribution in [0.4, 0.5) is 0 Å². The van der Waals surface area contributed by atoms with Gasteiger partial charge in [-0.1, -0.05) is 127 Å². The summed E-state index contributed by atoms with van der Waals surface area (Å²) < 4.78 is 0. The quantitative estimate of drug-likeness (QED) is 0.125. The summed E-state index contributed by atoms with van der Waals surface area (Å²) in [5, 5.41) is 0. The van der Waals surface area contributed by atoms with Crippen LogP contribution in [0.25, 0.3) is 0 Å². The zero-order valence-corrected chi connectivity index (χ0v) is 23.3. The lowest BCUT2D eigenvalue weighted by molar-refractivity contribution is -0.119. The molecule has 0 atom stereocenters. The van der Waals surface area contributed by atoms with E-state index in [1.54, 1.807) is 0 Å². The number of carbonyl (C=O) groups excluding carboxylic acids is 2. The third kappa shape index (κ3) is 21.4. The minimum absolute atomic E-state index is 0.165. The molecule has 0 aliphatic rings. The van der Waals surface area contributed by atoms with E-state index in [1.807, 2.05) is 0 Å². The number of benzene rings is 1. The molecule has 0 bridgehead atoms. The summed E-state index contributed by atoms with van der Waals surface area (Å²) in [4.78, 5) is 21.4. The zero-order chi connectivity index (χ0) is 26.1. The summed E-state index contributed by atoms with van der Waals surface area (Å²) in [7, 11) is 0. The van der Waals surface area contributed by atoms with Crippen LogP contribution in [0, 0.1) is 0 Å². The van der Waals surface area contributed by atoms with Crippen molar-refractivity contribution < 1.29 is 9.59 Å². The largest absolute Gasteiger partial charge is 0.370 e. The third-order valence-corrected chi connectivity index (χ3v) is 7.27. The first kappa shape index (κ1) is 32.2. The van der Waals surface area contributed by atoms with Gasteiger partial charge in [-0.25, -0.2) is 0 Å². The van der Waals surface area contributed by atoms with Gasteiger partial charge in [0, 0.05) is 12.8 Å². The predicted molar refractivity (Wildman–Crippen MR) is 154 cm³/mol. The molecule has 2 amide bonds. The van der Waals surface area contributed by atoms with Crippen LogP contribution in [0.1, 0.15) is 152 Å². The summed E-state index contributed by atoms with van der Waals surface area (Å²) in [6.07, 6.45) is 28.9. The molecule has 206 valence electrons. The molecular weight excluding hydrogens is 444 g/mol. The van der Waals surface area contributed by atoms with Gasteiger partial charge in [-0.2, -0.15) is 0 Å². The van der Waals surface area contributed by atoms with E-state index in [9.17, 15) is 9.59 Å². The highest BCUT2D eigenvalue weighted by Gasteiger charge is 2.00. The molecule has 0 aliphatic carbocycles. The highest BCUT2D eigenvalue weighted by Crippen LogP contribution is 2.16. The molecule has 0 heterocycles. The molecular formula is C32H56N2O2. The van der Waals surface area contributed by atoms with Crippen LogP contribution in [0.2, 0.25) is 0 Å². The normalized spacial score (nSPS) is 11.1. The van der Waals surface area contributed by atoms with Crippen LogP contribution in [-0.4, -0.2) is 11.8 Å². The van der Waals surface area contributed by atoms with E-state index < -0.39 is 0 Å². The second kappa shape index (κ2) is 23.6. The van der Waals surface area contributed by atoms with E-state index in [1.165, 1.54) is 127 Å². The molecule has 4 heteroatoms. The Morgan fingerprint density at radius 3 is 1.03 bits per heavy atom. The van der Waals surface area contributed by atoms with Gasteiger partial charge in [0.15, 0.2) is 0 Å². The van der Waals surface area contributed by atoms with E-state index in [0.717, 1.165) is 25.7 Å². The maximum atomic E-state index is 10.7. The van der Waals surface area contributed by atoms with Gasteiger partial charge >= 0.3 is 0 Å². The molecule has 36 heavy (non-hydrogen) atoms. The Morgan fingerprint density at radius 1 is 0.444 bits per heavy atom. The molecule has 0 aliphatic heterocycles. The van der Waals surface area contributed by atoms with Crippen molar-refractivity contribution in [3.63, 3.8) is 0 Å². The number of aryl methyl sites for hydroxylation is 2. The molecule has 0 spiro atoms. The van der Waals surface area contributed by atoms with Gasteiger partial charge in [0.25, 0.3) is 0 Å². The first-order chi connectivity index (χ1) is 17.6. The standard InChI is InChI=1S/C32H56N2O2/c33-31(35)26-19-15-11-7-3-1-5-9-13-17-22-29-24-21-25-30(28-29)23-18-14-10-6-2-4-8-12-16-20-27-32(34)36/h21,24-25,28H,1-20,22-23,26-27H2,(H2,33,35)(H2,34,36). The number of amides is 2. The molecule has 4 N–H and O–H groups in total. The van der Waals surface area contributed by atoms with Crippen molar-refractivity contribution in [1.82, 2.24) is 0 Å². The Hall–Kier alpha value is -1.84. The Bertz CT molecular complexity index is 621. The van der Waals surface area contributed by atoms with Crippen molar-refractivity contribution in [2.75, 3.05) is 0 Å². The number of rotatable bonds is 26. The van der Waals surface area contributed by atoms with Gasteiger partial charge in [-0.3, -0.25) is 9.59 Å². The minimum atomic E-state index is -0.165. The summed E-state index contributed by atoms with van der Waals surface area (Å²) in [5.41, 5.74) is 13.4. The van der Waals surface area contributed by atoms with E-state index >= 15 is 0 Å². The van der Waals surface area contributed by atoms with Crippen molar-refractivity contribution >= 4 is 11.8 Å². The Morgan fingerprint density at radius 2 is 0.722 bits per heavy atom. The number of hydrogen-bond acceptors (Lipinski definition) is 2. The molecule has 4 nitrogen and oxygen atoms in total. The van der Waals surface area contributed by atoms with E-state index in [0.29, 0.717) is 12.8 Å². The SMILES string of the molecule is NC(=O)CCCCCCCCCCCCc1cccc(CCCCCCCCCCCCC(N)=O)c1. The smallest absolute Gasteiger partial charge is 0.217 e. The number of hydrogen-bond donors (Lipinski definition) is 2. The van der Waals surface area contributed by atoms with Crippen molar-refractivity contribution in [1.29, 1.82) is 0 Å².